The maximum atomic E-state index is 14.1. The average Bonchev–Trinajstić information content (AvgIpc) is 3.05. The summed E-state index contributed by atoms with van der Waals surface area (Å²) in [6.07, 6.45) is 2.63. The number of urea groups is 1. The van der Waals surface area contributed by atoms with Crippen LogP contribution in [0, 0.1) is 20.8 Å². The van der Waals surface area contributed by atoms with Gasteiger partial charge in [-0.2, -0.15) is 0 Å². The summed E-state index contributed by atoms with van der Waals surface area (Å²) in [6, 6.07) is 20.8. The molecule has 0 bridgehead atoms. The fraction of sp³-hybridized carbons (Fsp3) is 0.257. The number of benzene rings is 3. The van der Waals surface area contributed by atoms with E-state index in [1.54, 1.807) is 18.2 Å². The van der Waals surface area contributed by atoms with E-state index in [0.717, 1.165) is 60.8 Å². The molecular formula is C35H40N8O2. The van der Waals surface area contributed by atoms with Crippen LogP contribution in [0.3, 0.4) is 0 Å². The van der Waals surface area contributed by atoms with Gasteiger partial charge in [0.15, 0.2) is 0 Å². The molecule has 0 radical (unpaired) electrons. The predicted molar refractivity (Wildman–Crippen MR) is 183 cm³/mol. The Bertz CT molecular complexity index is 1660. The molecule has 2 heterocycles. The van der Waals surface area contributed by atoms with Crippen LogP contribution in [0.15, 0.2) is 85.7 Å². The summed E-state index contributed by atoms with van der Waals surface area (Å²) in [5.74, 6) is 0.541. The summed E-state index contributed by atoms with van der Waals surface area (Å²) in [5, 5.41) is 9.22. The highest BCUT2D eigenvalue weighted by Gasteiger charge is 2.24. The molecule has 0 atom stereocenters. The number of carbonyl (C=O) groups excluding carboxylic acids is 2. The summed E-state index contributed by atoms with van der Waals surface area (Å²) < 4.78 is 0. The number of rotatable bonds is 9. The van der Waals surface area contributed by atoms with E-state index in [1.165, 1.54) is 23.0 Å². The van der Waals surface area contributed by atoms with Crippen molar-refractivity contribution in [2.45, 2.75) is 27.7 Å². The lowest BCUT2D eigenvalue weighted by Gasteiger charge is -2.35. The van der Waals surface area contributed by atoms with Crippen LogP contribution in [0.1, 0.15) is 23.6 Å². The van der Waals surface area contributed by atoms with Gasteiger partial charge in [-0.1, -0.05) is 37.8 Å². The molecule has 3 amide bonds. The minimum Gasteiger partial charge on any atom is -0.369 e. The van der Waals surface area contributed by atoms with E-state index < -0.39 is 6.03 Å². The van der Waals surface area contributed by atoms with E-state index in [4.69, 9.17) is 0 Å². The lowest BCUT2D eigenvalue weighted by atomic mass is 10.1. The lowest BCUT2D eigenvalue weighted by molar-refractivity contribution is -0.111. The van der Waals surface area contributed by atoms with Crippen molar-refractivity contribution in [2.75, 3.05) is 58.5 Å². The second-order valence-electron chi connectivity index (χ2n) is 11.1. The van der Waals surface area contributed by atoms with Gasteiger partial charge in [-0.05, 0) is 86.5 Å². The number of para-hydroxylation sites is 1. The molecule has 45 heavy (non-hydrogen) atoms. The second kappa shape index (κ2) is 14.0. The summed E-state index contributed by atoms with van der Waals surface area (Å²) in [7, 11) is 0. The Balaban J connectivity index is 1.44. The zero-order valence-corrected chi connectivity index (χ0v) is 26.3. The summed E-state index contributed by atoms with van der Waals surface area (Å²) in [4.78, 5) is 41.4. The standard InChI is InChI=1S/C35H40N8O2/c1-6-33(44)39-28-12-11-24(3)30(21-28)43(35(45)40-34-25(4)9-8-10-26(34)5)32-22-31(36-23-37-32)38-27-13-15-29(16-14-27)42-19-17-41(7-2)18-20-42/h6,8-16,21-23H,1,7,17-20H2,2-5H3,(H,39,44)(H,40,45)(H,36,37,38). The largest absolute Gasteiger partial charge is 0.369 e. The fourth-order valence-corrected chi connectivity index (χ4v) is 5.40. The van der Waals surface area contributed by atoms with Gasteiger partial charge in [-0.15, -0.1) is 0 Å². The molecule has 232 valence electrons. The Morgan fingerprint density at radius 2 is 1.56 bits per heavy atom. The lowest BCUT2D eigenvalue weighted by Crippen LogP contribution is -2.46. The van der Waals surface area contributed by atoms with Crippen molar-refractivity contribution < 1.29 is 9.59 Å². The van der Waals surface area contributed by atoms with Crippen molar-refractivity contribution in [3.8, 4) is 0 Å². The Labute approximate surface area is 264 Å². The van der Waals surface area contributed by atoms with Crippen molar-refractivity contribution in [1.82, 2.24) is 14.9 Å². The van der Waals surface area contributed by atoms with Crippen LogP contribution in [0.5, 0.6) is 0 Å². The SMILES string of the molecule is C=CC(=O)Nc1ccc(C)c(N(C(=O)Nc2c(C)cccc2C)c2cc(Nc3ccc(N4CCN(CC)CC4)cc3)ncn2)c1. The van der Waals surface area contributed by atoms with Gasteiger partial charge < -0.3 is 25.8 Å². The molecule has 5 rings (SSSR count). The first kappa shape index (κ1) is 31.2. The van der Waals surface area contributed by atoms with E-state index in [0.29, 0.717) is 23.0 Å². The van der Waals surface area contributed by atoms with E-state index in [1.807, 2.05) is 57.2 Å². The maximum Gasteiger partial charge on any atom is 0.332 e. The molecule has 1 aromatic heterocycles. The zero-order chi connectivity index (χ0) is 31.9. The number of anilines is 7. The average molecular weight is 605 g/mol. The number of piperazine rings is 1. The zero-order valence-electron chi connectivity index (χ0n) is 26.3. The third kappa shape index (κ3) is 7.47. The van der Waals surface area contributed by atoms with Crippen LogP contribution in [0.4, 0.5) is 44.9 Å². The van der Waals surface area contributed by atoms with Crippen LogP contribution in [-0.4, -0.2) is 59.5 Å². The summed E-state index contributed by atoms with van der Waals surface area (Å²) in [6.45, 7) is 16.8. The Hall–Kier alpha value is -5.22. The fourth-order valence-electron chi connectivity index (χ4n) is 5.40. The van der Waals surface area contributed by atoms with E-state index >= 15 is 0 Å². The number of nitrogens with one attached hydrogen (secondary N) is 3. The molecule has 0 saturated carbocycles. The molecule has 1 fully saturated rings. The number of amides is 3. The van der Waals surface area contributed by atoms with Crippen molar-refractivity contribution in [2.24, 2.45) is 0 Å². The van der Waals surface area contributed by atoms with Crippen LogP contribution >= 0.6 is 0 Å². The first-order chi connectivity index (χ1) is 21.7. The Morgan fingerprint density at radius 3 is 2.22 bits per heavy atom. The van der Waals surface area contributed by atoms with Gasteiger partial charge in [-0.25, -0.2) is 19.7 Å². The third-order valence-electron chi connectivity index (χ3n) is 8.03. The van der Waals surface area contributed by atoms with Crippen molar-refractivity contribution in [1.29, 1.82) is 0 Å². The smallest absolute Gasteiger partial charge is 0.332 e. The van der Waals surface area contributed by atoms with Crippen LogP contribution < -0.4 is 25.8 Å². The van der Waals surface area contributed by atoms with Crippen LogP contribution in [0.2, 0.25) is 0 Å². The highest BCUT2D eigenvalue weighted by atomic mass is 16.2. The van der Waals surface area contributed by atoms with E-state index in [9.17, 15) is 9.59 Å². The highest BCUT2D eigenvalue weighted by molar-refractivity contribution is 6.08. The van der Waals surface area contributed by atoms with Crippen molar-refractivity contribution in [3.63, 3.8) is 0 Å². The van der Waals surface area contributed by atoms with Gasteiger partial charge in [0, 0.05) is 55.0 Å². The third-order valence-corrected chi connectivity index (χ3v) is 8.03. The first-order valence-electron chi connectivity index (χ1n) is 15.1. The molecular weight excluding hydrogens is 564 g/mol. The molecule has 3 N–H and O–H groups in total. The monoisotopic (exact) mass is 604 g/mol. The molecule has 10 heteroatoms. The topological polar surface area (TPSA) is 106 Å². The quantitative estimate of drug-likeness (QED) is 0.181. The number of aromatic nitrogens is 2. The Morgan fingerprint density at radius 1 is 0.867 bits per heavy atom. The van der Waals surface area contributed by atoms with Crippen LogP contribution in [0.25, 0.3) is 0 Å². The van der Waals surface area contributed by atoms with Gasteiger partial charge in [0.2, 0.25) is 5.91 Å². The Kier molecular flexibility index (Phi) is 9.74. The first-order valence-corrected chi connectivity index (χ1v) is 15.1. The molecule has 0 aliphatic carbocycles. The van der Waals surface area contributed by atoms with Crippen molar-refractivity contribution >= 4 is 52.0 Å². The number of carbonyl (C=O) groups is 2. The number of hydrogen-bond acceptors (Lipinski definition) is 7. The normalized spacial score (nSPS) is 13.2. The summed E-state index contributed by atoms with van der Waals surface area (Å²) in [5.41, 5.74) is 6.55. The molecule has 10 nitrogen and oxygen atoms in total. The molecule has 4 aromatic rings. The molecule has 0 unspecified atom stereocenters. The number of likely N-dealkylation sites (N-methyl/N-ethyl adjacent to an activating group) is 1. The van der Waals surface area contributed by atoms with Crippen molar-refractivity contribution in [3.05, 3.63) is 102 Å². The molecule has 1 aliphatic heterocycles. The van der Waals surface area contributed by atoms with Gasteiger partial charge in [0.05, 0.1) is 5.69 Å². The maximum absolute atomic E-state index is 14.1. The minimum absolute atomic E-state index is 0.348. The number of hydrogen-bond donors (Lipinski definition) is 3. The highest BCUT2D eigenvalue weighted by Crippen LogP contribution is 2.33. The molecule has 1 aliphatic rings. The second-order valence-corrected chi connectivity index (χ2v) is 11.1. The minimum atomic E-state index is -0.403. The van der Waals surface area contributed by atoms with E-state index in [-0.39, 0.29) is 5.91 Å². The van der Waals surface area contributed by atoms with Gasteiger partial charge in [-0.3, -0.25) is 4.79 Å². The molecule has 3 aromatic carbocycles. The van der Waals surface area contributed by atoms with Crippen LogP contribution in [-0.2, 0) is 4.79 Å². The van der Waals surface area contributed by atoms with Gasteiger partial charge >= 0.3 is 6.03 Å². The molecule has 0 spiro atoms. The number of nitrogens with zero attached hydrogens (tertiary/aromatic N) is 5. The van der Waals surface area contributed by atoms with Gasteiger partial charge in [0.25, 0.3) is 0 Å². The van der Waals surface area contributed by atoms with E-state index in [2.05, 4.69) is 61.4 Å². The summed E-state index contributed by atoms with van der Waals surface area (Å²) >= 11 is 0. The van der Waals surface area contributed by atoms with Gasteiger partial charge in [0.1, 0.15) is 18.0 Å². The number of aryl methyl sites for hydroxylation is 3. The molecule has 1 saturated heterocycles. The predicted octanol–water partition coefficient (Wildman–Crippen LogP) is 6.78.